The molecule has 76 valence electrons. The van der Waals surface area contributed by atoms with E-state index in [-0.39, 0.29) is 11.9 Å². The summed E-state index contributed by atoms with van der Waals surface area (Å²) < 4.78 is 0. The summed E-state index contributed by atoms with van der Waals surface area (Å²) >= 11 is 0. The van der Waals surface area contributed by atoms with Gasteiger partial charge < -0.3 is 11.1 Å². The van der Waals surface area contributed by atoms with Gasteiger partial charge in [0, 0.05) is 19.6 Å². The molecule has 1 rings (SSSR count). The molecule has 1 amide bonds. The Morgan fingerprint density at radius 2 is 2.31 bits per heavy atom. The molecule has 0 bridgehead atoms. The Balaban J connectivity index is 2.25. The van der Waals surface area contributed by atoms with Gasteiger partial charge in [0.1, 0.15) is 0 Å². The molecule has 0 aromatic carbocycles. The van der Waals surface area contributed by atoms with Gasteiger partial charge in [0.15, 0.2) is 0 Å². The second-order valence-electron chi connectivity index (χ2n) is 3.63. The van der Waals surface area contributed by atoms with Crippen molar-refractivity contribution in [2.45, 2.75) is 19.9 Å². The van der Waals surface area contributed by atoms with E-state index in [0.717, 1.165) is 19.6 Å². The average molecular weight is 185 g/mol. The van der Waals surface area contributed by atoms with Crippen molar-refractivity contribution in [1.82, 2.24) is 10.2 Å². The first-order chi connectivity index (χ1) is 6.19. The summed E-state index contributed by atoms with van der Waals surface area (Å²) in [6, 6.07) is 0.00255. The highest BCUT2D eigenvalue weighted by atomic mass is 16.2. The summed E-state index contributed by atoms with van der Waals surface area (Å²) in [5, 5.41) is 2.82. The van der Waals surface area contributed by atoms with Crippen LogP contribution < -0.4 is 11.1 Å². The molecule has 1 fully saturated rings. The van der Waals surface area contributed by atoms with Crippen LogP contribution in [0, 0.1) is 5.92 Å². The first kappa shape index (κ1) is 10.5. The molecule has 4 nitrogen and oxygen atoms in total. The van der Waals surface area contributed by atoms with Gasteiger partial charge in [-0.2, -0.15) is 0 Å². The smallest absolute Gasteiger partial charge is 0.237 e. The lowest BCUT2D eigenvalue weighted by Crippen LogP contribution is -2.57. The average Bonchev–Trinajstić information content (AvgIpc) is 2.02. The molecule has 0 radical (unpaired) electrons. The number of carbonyl (C=O) groups is 1. The van der Waals surface area contributed by atoms with Crippen LogP contribution in [0.2, 0.25) is 0 Å². The van der Waals surface area contributed by atoms with E-state index in [9.17, 15) is 4.79 Å². The Morgan fingerprint density at radius 1 is 1.69 bits per heavy atom. The van der Waals surface area contributed by atoms with Gasteiger partial charge in [0.25, 0.3) is 0 Å². The normalized spacial score (nSPS) is 20.8. The summed E-state index contributed by atoms with van der Waals surface area (Å²) in [7, 11) is 0. The number of hydrogen-bond donors (Lipinski definition) is 2. The van der Waals surface area contributed by atoms with Gasteiger partial charge in [-0.15, -0.1) is 0 Å². The van der Waals surface area contributed by atoms with Crippen LogP contribution in [0.15, 0.2) is 0 Å². The summed E-state index contributed by atoms with van der Waals surface area (Å²) in [6.07, 6.45) is 0. The molecule has 0 aromatic heterocycles. The molecule has 1 aliphatic heterocycles. The first-order valence-corrected chi connectivity index (χ1v) is 4.90. The lowest BCUT2D eigenvalue weighted by molar-refractivity contribution is -0.128. The number of likely N-dealkylation sites (tertiary alicyclic amines) is 1. The van der Waals surface area contributed by atoms with Gasteiger partial charge in [-0.3, -0.25) is 9.69 Å². The lowest BCUT2D eigenvalue weighted by atomic mass is 9.98. The van der Waals surface area contributed by atoms with Gasteiger partial charge in [0.2, 0.25) is 5.91 Å². The SMILES string of the molecule is CCNC(=O)C(C)N1CC(CN)C1. The van der Waals surface area contributed by atoms with Gasteiger partial charge >= 0.3 is 0 Å². The van der Waals surface area contributed by atoms with Crippen molar-refractivity contribution in [3.8, 4) is 0 Å². The fraction of sp³-hybridized carbons (Fsp3) is 0.889. The third-order valence-corrected chi connectivity index (χ3v) is 2.60. The van der Waals surface area contributed by atoms with E-state index in [1.165, 1.54) is 0 Å². The van der Waals surface area contributed by atoms with E-state index in [4.69, 9.17) is 5.73 Å². The summed E-state index contributed by atoms with van der Waals surface area (Å²) in [6.45, 7) is 7.25. The van der Waals surface area contributed by atoms with Crippen LogP contribution in [0.3, 0.4) is 0 Å². The number of nitrogens with zero attached hydrogens (tertiary/aromatic N) is 1. The molecule has 1 saturated heterocycles. The number of amides is 1. The molecule has 0 spiro atoms. The minimum absolute atomic E-state index is 0.00255. The Kier molecular flexibility index (Phi) is 3.69. The number of nitrogens with two attached hydrogens (primary N) is 1. The van der Waals surface area contributed by atoms with Gasteiger partial charge in [0.05, 0.1) is 6.04 Å². The molecule has 1 atom stereocenters. The zero-order valence-electron chi connectivity index (χ0n) is 8.42. The molecular formula is C9H19N3O. The molecule has 0 aromatic rings. The van der Waals surface area contributed by atoms with Gasteiger partial charge in [-0.25, -0.2) is 0 Å². The Bertz CT molecular complexity index is 178. The van der Waals surface area contributed by atoms with Crippen LogP contribution in [0.1, 0.15) is 13.8 Å². The van der Waals surface area contributed by atoms with Crippen LogP contribution in [0.4, 0.5) is 0 Å². The van der Waals surface area contributed by atoms with Crippen LogP contribution in [0.25, 0.3) is 0 Å². The van der Waals surface area contributed by atoms with E-state index in [1.807, 2.05) is 13.8 Å². The van der Waals surface area contributed by atoms with Crippen molar-refractivity contribution in [1.29, 1.82) is 0 Å². The fourth-order valence-electron chi connectivity index (χ4n) is 1.56. The Morgan fingerprint density at radius 3 is 2.77 bits per heavy atom. The lowest BCUT2D eigenvalue weighted by Gasteiger charge is -2.41. The maximum Gasteiger partial charge on any atom is 0.237 e. The summed E-state index contributed by atoms with van der Waals surface area (Å²) in [5.41, 5.74) is 5.50. The molecule has 0 saturated carbocycles. The van der Waals surface area contributed by atoms with Crippen LogP contribution in [0.5, 0.6) is 0 Å². The van der Waals surface area contributed by atoms with Crippen LogP contribution >= 0.6 is 0 Å². The van der Waals surface area contributed by atoms with E-state index in [2.05, 4.69) is 10.2 Å². The highest BCUT2D eigenvalue weighted by Gasteiger charge is 2.31. The maximum absolute atomic E-state index is 11.4. The first-order valence-electron chi connectivity index (χ1n) is 4.90. The van der Waals surface area contributed by atoms with Crippen LogP contribution in [-0.2, 0) is 4.79 Å². The minimum Gasteiger partial charge on any atom is -0.355 e. The topological polar surface area (TPSA) is 58.4 Å². The zero-order chi connectivity index (χ0) is 9.84. The molecule has 1 unspecified atom stereocenters. The predicted octanol–water partition coefficient (Wildman–Crippen LogP) is -0.598. The highest BCUT2D eigenvalue weighted by molar-refractivity contribution is 5.81. The van der Waals surface area contributed by atoms with Crippen LogP contribution in [-0.4, -0.2) is 43.0 Å². The van der Waals surface area contributed by atoms with E-state index < -0.39 is 0 Å². The Labute approximate surface area is 79.5 Å². The monoisotopic (exact) mass is 185 g/mol. The number of hydrogen-bond acceptors (Lipinski definition) is 3. The molecule has 4 heteroatoms. The van der Waals surface area contributed by atoms with Crippen molar-refractivity contribution in [2.75, 3.05) is 26.2 Å². The third-order valence-electron chi connectivity index (χ3n) is 2.60. The zero-order valence-corrected chi connectivity index (χ0v) is 8.42. The largest absolute Gasteiger partial charge is 0.355 e. The van der Waals surface area contributed by atoms with Crippen molar-refractivity contribution in [3.63, 3.8) is 0 Å². The number of nitrogens with one attached hydrogen (secondary N) is 1. The number of likely N-dealkylation sites (N-methyl/N-ethyl adjacent to an activating group) is 1. The maximum atomic E-state index is 11.4. The van der Waals surface area contributed by atoms with E-state index in [0.29, 0.717) is 12.5 Å². The van der Waals surface area contributed by atoms with E-state index in [1.54, 1.807) is 0 Å². The number of rotatable bonds is 4. The highest BCUT2D eigenvalue weighted by Crippen LogP contribution is 2.16. The van der Waals surface area contributed by atoms with Gasteiger partial charge in [-0.05, 0) is 26.3 Å². The van der Waals surface area contributed by atoms with Crippen molar-refractivity contribution in [3.05, 3.63) is 0 Å². The fourth-order valence-corrected chi connectivity index (χ4v) is 1.56. The predicted molar refractivity (Wildman–Crippen MR) is 52.3 cm³/mol. The standard InChI is InChI=1S/C9H19N3O/c1-3-11-9(13)7(2)12-5-8(4-10)6-12/h7-8H,3-6,10H2,1-2H3,(H,11,13). The molecule has 1 aliphatic rings. The van der Waals surface area contributed by atoms with Crippen molar-refractivity contribution in [2.24, 2.45) is 11.7 Å². The van der Waals surface area contributed by atoms with Gasteiger partial charge in [-0.1, -0.05) is 0 Å². The van der Waals surface area contributed by atoms with Crippen molar-refractivity contribution < 1.29 is 4.79 Å². The number of carbonyl (C=O) groups excluding carboxylic acids is 1. The summed E-state index contributed by atoms with van der Waals surface area (Å²) in [4.78, 5) is 13.5. The molecule has 1 heterocycles. The quantitative estimate of drug-likeness (QED) is 0.615. The minimum atomic E-state index is 0.00255. The second-order valence-corrected chi connectivity index (χ2v) is 3.63. The van der Waals surface area contributed by atoms with E-state index >= 15 is 0 Å². The third kappa shape index (κ3) is 2.42. The second kappa shape index (κ2) is 4.58. The molecular weight excluding hydrogens is 166 g/mol. The molecule has 0 aliphatic carbocycles. The Hall–Kier alpha value is -0.610. The van der Waals surface area contributed by atoms with Crippen molar-refractivity contribution >= 4 is 5.91 Å². The summed E-state index contributed by atoms with van der Waals surface area (Å²) in [5.74, 6) is 0.717. The molecule has 13 heavy (non-hydrogen) atoms. The molecule has 3 N–H and O–H groups in total.